The number of amides is 1. The minimum absolute atomic E-state index is 0.179. The van der Waals surface area contributed by atoms with E-state index in [0.717, 1.165) is 16.6 Å². The third-order valence-corrected chi connectivity index (χ3v) is 4.32. The van der Waals surface area contributed by atoms with Gasteiger partial charge in [0.2, 0.25) is 0 Å². The summed E-state index contributed by atoms with van der Waals surface area (Å²) in [7, 11) is 0. The second kappa shape index (κ2) is 6.14. The number of halogens is 1. The maximum Gasteiger partial charge on any atom is 0.251 e. The van der Waals surface area contributed by atoms with E-state index < -0.39 is 6.10 Å². The number of aromatic nitrogens is 2. The highest BCUT2D eigenvalue weighted by atomic mass is 35.5. The van der Waals surface area contributed by atoms with Gasteiger partial charge in [0.1, 0.15) is 6.10 Å². The number of nitrogens with zero attached hydrogens (tertiary/aromatic N) is 3. The van der Waals surface area contributed by atoms with Crippen LogP contribution in [0.5, 0.6) is 0 Å². The summed E-state index contributed by atoms with van der Waals surface area (Å²) in [4.78, 5) is 15.9. The molecule has 118 valence electrons. The summed E-state index contributed by atoms with van der Waals surface area (Å²) in [5.41, 5.74) is 1.93. The van der Waals surface area contributed by atoms with Crippen LogP contribution in [0.1, 0.15) is 13.3 Å². The molecule has 0 radical (unpaired) electrons. The van der Waals surface area contributed by atoms with E-state index in [-0.39, 0.29) is 5.91 Å². The SMILES string of the molecule is CCC(O)C(=O)N1CCN(c2cc(Cl)cc3[nH]ncc23)CC1. The number of nitrogens with one attached hydrogen (secondary N) is 1. The Morgan fingerprint density at radius 2 is 2.14 bits per heavy atom. The zero-order valence-electron chi connectivity index (χ0n) is 12.4. The van der Waals surface area contributed by atoms with Gasteiger partial charge in [0.25, 0.3) is 5.91 Å². The van der Waals surface area contributed by atoms with Gasteiger partial charge in [-0.3, -0.25) is 9.89 Å². The van der Waals surface area contributed by atoms with Crippen molar-refractivity contribution in [2.75, 3.05) is 31.1 Å². The molecule has 0 spiro atoms. The number of carbonyl (C=O) groups excluding carboxylic acids is 1. The predicted octanol–water partition coefficient (Wildman–Crippen LogP) is 1.64. The highest BCUT2D eigenvalue weighted by Crippen LogP contribution is 2.30. The summed E-state index contributed by atoms with van der Waals surface area (Å²) in [5, 5.41) is 18.4. The summed E-state index contributed by atoms with van der Waals surface area (Å²) in [6.45, 7) is 4.43. The minimum atomic E-state index is -0.890. The first kappa shape index (κ1) is 15.1. The molecule has 7 heteroatoms. The Bertz CT molecular complexity index is 679. The minimum Gasteiger partial charge on any atom is -0.383 e. The standard InChI is InChI=1S/C15H19ClN4O2/c1-2-14(21)15(22)20-5-3-19(4-6-20)13-8-10(16)7-12-11(13)9-17-18-12/h7-9,14,21H,2-6H2,1H3,(H,17,18). The quantitative estimate of drug-likeness (QED) is 0.901. The molecule has 1 saturated heterocycles. The van der Waals surface area contributed by atoms with Crippen molar-refractivity contribution in [3.8, 4) is 0 Å². The second-order valence-corrected chi connectivity index (χ2v) is 5.93. The van der Waals surface area contributed by atoms with Crippen LogP contribution in [-0.4, -0.2) is 58.4 Å². The number of carbonyl (C=O) groups is 1. The predicted molar refractivity (Wildman–Crippen MR) is 86.2 cm³/mol. The highest BCUT2D eigenvalue weighted by molar-refractivity contribution is 6.31. The van der Waals surface area contributed by atoms with Gasteiger partial charge in [0, 0.05) is 42.3 Å². The molecule has 1 fully saturated rings. The zero-order chi connectivity index (χ0) is 15.7. The number of aliphatic hydroxyl groups excluding tert-OH is 1. The van der Waals surface area contributed by atoms with Crippen molar-refractivity contribution in [2.24, 2.45) is 0 Å². The molecule has 0 bridgehead atoms. The summed E-state index contributed by atoms with van der Waals surface area (Å²) < 4.78 is 0. The molecule has 1 atom stereocenters. The van der Waals surface area contributed by atoms with Crippen LogP contribution in [0.2, 0.25) is 5.02 Å². The molecule has 22 heavy (non-hydrogen) atoms. The van der Waals surface area contributed by atoms with Gasteiger partial charge in [-0.25, -0.2) is 0 Å². The third kappa shape index (κ3) is 2.76. The van der Waals surface area contributed by atoms with Gasteiger partial charge in [-0.2, -0.15) is 5.10 Å². The van der Waals surface area contributed by atoms with Gasteiger partial charge in [-0.15, -0.1) is 0 Å². The van der Waals surface area contributed by atoms with Gasteiger partial charge in [0.15, 0.2) is 0 Å². The van der Waals surface area contributed by atoms with Crippen LogP contribution in [-0.2, 0) is 4.79 Å². The van der Waals surface area contributed by atoms with E-state index >= 15 is 0 Å². The molecular formula is C15H19ClN4O2. The summed E-state index contributed by atoms with van der Waals surface area (Å²) >= 11 is 6.17. The van der Waals surface area contributed by atoms with Crippen molar-refractivity contribution < 1.29 is 9.90 Å². The van der Waals surface area contributed by atoms with E-state index in [0.29, 0.717) is 37.6 Å². The lowest BCUT2D eigenvalue weighted by Crippen LogP contribution is -2.51. The number of aliphatic hydroxyl groups is 1. The number of H-pyrrole nitrogens is 1. The van der Waals surface area contributed by atoms with Gasteiger partial charge in [0.05, 0.1) is 11.7 Å². The van der Waals surface area contributed by atoms with E-state index in [9.17, 15) is 9.90 Å². The molecule has 1 aliphatic heterocycles. The smallest absolute Gasteiger partial charge is 0.251 e. The maximum absolute atomic E-state index is 12.0. The van der Waals surface area contributed by atoms with Crippen LogP contribution < -0.4 is 4.90 Å². The molecule has 2 aromatic rings. The van der Waals surface area contributed by atoms with Crippen LogP contribution in [0.25, 0.3) is 10.9 Å². The van der Waals surface area contributed by atoms with E-state index in [1.165, 1.54) is 0 Å². The number of anilines is 1. The molecule has 6 nitrogen and oxygen atoms in total. The lowest BCUT2D eigenvalue weighted by atomic mass is 10.1. The van der Waals surface area contributed by atoms with Crippen LogP contribution in [0.3, 0.4) is 0 Å². The second-order valence-electron chi connectivity index (χ2n) is 5.49. The molecule has 2 N–H and O–H groups in total. The van der Waals surface area contributed by atoms with Gasteiger partial charge < -0.3 is 14.9 Å². The van der Waals surface area contributed by atoms with Gasteiger partial charge in [-0.05, 0) is 18.6 Å². The molecule has 3 rings (SSSR count). The van der Waals surface area contributed by atoms with Gasteiger partial charge >= 0.3 is 0 Å². The Morgan fingerprint density at radius 1 is 1.41 bits per heavy atom. The van der Waals surface area contributed by atoms with Crippen LogP contribution in [0.4, 0.5) is 5.69 Å². The van der Waals surface area contributed by atoms with Crippen LogP contribution >= 0.6 is 11.6 Å². The van der Waals surface area contributed by atoms with Crippen LogP contribution in [0, 0.1) is 0 Å². The average molecular weight is 323 g/mol. The van der Waals surface area contributed by atoms with Crippen molar-refractivity contribution >= 4 is 34.1 Å². The van der Waals surface area contributed by atoms with E-state index in [2.05, 4.69) is 15.1 Å². The maximum atomic E-state index is 12.0. The number of piperazine rings is 1. The fourth-order valence-corrected chi connectivity index (χ4v) is 3.03. The fraction of sp³-hybridized carbons (Fsp3) is 0.467. The Kier molecular flexibility index (Phi) is 4.22. The molecule has 1 aromatic carbocycles. The number of fused-ring (bicyclic) bond motifs is 1. The van der Waals surface area contributed by atoms with Crippen molar-refractivity contribution in [1.29, 1.82) is 0 Å². The first-order valence-corrected chi connectivity index (χ1v) is 7.82. The van der Waals surface area contributed by atoms with Crippen molar-refractivity contribution in [1.82, 2.24) is 15.1 Å². The van der Waals surface area contributed by atoms with Crippen molar-refractivity contribution in [2.45, 2.75) is 19.4 Å². The molecule has 1 aromatic heterocycles. The lowest BCUT2D eigenvalue weighted by molar-refractivity contribution is -0.140. The Hall–Kier alpha value is -1.79. The normalized spacial score (nSPS) is 17.0. The Labute approximate surface area is 133 Å². The molecule has 0 saturated carbocycles. The molecule has 1 amide bonds. The Morgan fingerprint density at radius 3 is 2.82 bits per heavy atom. The van der Waals surface area contributed by atoms with E-state index in [1.807, 2.05) is 12.1 Å². The zero-order valence-corrected chi connectivity index (χ0v) is 13.2. The fourth-order valence-electron chi connectivity index (χ4n) is 2.81. The van der Waals surface area contributed by atoms with Crippen molar-refractivity contribution in [3.05, 3.63) is 23.4 Å². The summed E-state index contributed by atoms with van der Waals surface area (Å²) in [5.74, 6) is -0.179. The largest absolute Gasteiger partial charge is 0.383 e. The first-order valence-electron chi connectivity index (χ1n) is 7.44. The topological polar surface area (TPSA) is 72.5 Å². The van der Waals surface area contributed by atoms with Crippen LogP contribution in [0.15, 0.2) is 18.3 Å². The molecule has 2 heterocycles. The number of hydrogen-bond donors (Lipinski definition) is 2. The monoisotopic (exact) mass is 322 g/mol. The molecule has 0 aliphatic carbocycles. The number of aromatic amines is 1. The Balaban J connectivity index is 1.76. The number of benzene rings is 1. The van der Waals surface area contributed by atoms with E-state index in [4.69, 9.17) is 11.6 Å². The summed E-state index contributed by atoms with van der Waals surface area (Å²) in [6.07, 6.45) is 1.35. The number of hydrogen-bond acceptors (Lipinski definition) is 4. The van der Waals surface area contributed by atoms with E-state index in [1.54, 1.807) is 18.0 Å². The molecule has 1 aliphatic rings. The third-order valence-electron chi connectivity index (χ3n) is 4.11. The highest BCUT2D eigenvalue weighted by Gasteiger charge is 2.26. The average Bonchev–Trinajstić information content (AvgIpc) is 3.01. The van der Waals surface area contributed by atoms with Crippen molar-refractivity contribution in [3.63, 3.8) is 0 Å². The molecular weight excluding hydrogens is 304 g/mol. The van der Waals surface area contributed by atoms with Gasteiger partial charge in [-0.1, -0.05) is 18.5 Å². The first-order chi connectivity index (χ1) is 10.6. The summed E-state index contributed by atoms with van der Waals surface area (Å²) in [6, 6.07) is 3.78. The lowest BCUT2D eigenvalue weighted by Gasteiger charge is -2.37. The molecule has 1 unspecified atom stereocenters. The number of rotatable bonds is 3.